The molecule has 5 heteroatoms. The zero-order valence-electron chi connectivity index (χ0n) is 10.1. The number of hydrogen-bond acceptors (Lipinski definition) is 4. The molecule has 1 aromatic heterocycles. The van der Waals surface area contributed by atoms with Crippen LogP contribution >= 0.6 is 11.6 Å². The number of esters is 1. The molecule has 0 bridgehead atoms. The van der Waals surface area contributed by atoms with Crippen molar-refractivity contribution in [3.8, 4) is 0 Å². The van der Waals surface area contributed by atoms with Gasteiger partial charge in [-0.05, 0) is 26.1 Å². The van der Waals surface area contributed by atoms with Gasteiger partial charge >= 0.3 is 5.97 Å². The number of ether oxygens (including phenoxy) is 1. The second-order valence-electron chi connectivity index (χ2n) is 3.76. The van der Waals surface area contributed by atoms with Crippen molar-refractivity contribution in [2.24, 2.45) is 0 Å². The molecule has 0 fully saturated rings. The maximum absolute atomic E-state index is 11.2. The molecular weight excluding hydrogens is 240 g/mol. The van der Waals surface area contributed by atoms with Crippen molar-refractivity contribution in [1.29, 1.82) is 0 Å². The smallest absolute Gasteiger partial charge is 0.307 e. The van der Waals surface area contributed by atoms with E-state index in [-0.39, 0.29) is 5.97 Å². The Labute approximate surface area is 107 Å². The lowest BCUT2D eigenvalue weighted by molar-refractivity contribution is -0.143. The predicted octanol–water partition coefficient (Wildman–Crippen LogP) is 2.12. The first-order chi connectivity index (χ1) is 8.11. The van der Waals surface area contributed by atoms with Crippen molar-refractivity contribution in [3.63, 3.8) is 0 Å². The van der Waals surface area contributed by atoms with E-state index in [1.165, 1.54) is 0 Å². The highest BCUT2D eigenvalue weighted by Crippen LogP contribution is 2.09. The number of rotatable bonds is 6. The molecule has 0 spiro atoms. The van der Waals surface area contributed by atoms with Gasteiger partial charge in [-0.2, -0.15) is 0 Å². The lowest BCUT2D eigenvalue weighted by Gasteiger charge is -2.15. The first kappa shape index (κ1) is 13.9. The van der Waals surface area contributed by atoms with Gasteiger partial charge in [0.05, 0.1) is 18.7 Å². The zero-order chi connectivity index (χ0) is 12.7. The average molecular weight is 257 g/mol. The molecule has 0 saturated carbocycles. The van der Waals surface area contributed by atoms with Crippen molar-refractivity contribution in [2.75, 3.05) is 20.2 Å². The topological polar surface area (TPSA) is 42.4 Å². The van der Waals surface area contributed by atoms with Gasteiger partial charge in [-0.3, -0.25) is 14.7 Å². The highest BCUT2D eigenvalue weighted by atomic mass is 35.5. The van der Waals surface area contributed by atoms with Gasteiger partial charge in [-0.1, -0.05) is 11.6 Å². The molecule has 0 aromatic carbocycles. The first-order valence-corrected chi connectivity index (χ1v) is 5.94. The SMILES string of the molecule is CCOC(=O)CCN(C)Cc1cc(Cl)ccn1. The Morgan fingerprint density at radius 3 is 3.00 bits per heavy atom. The summed E-state index contributed by atoms with van der Waals surface area (Å²) >= 11 is 5.86. The van der Waals surface area contributed by atoms with Crippen LogP contribution in [0.2, 0.25) is 5.02 Å². The van der Waals surface area contributed by atoms with Crippen LogP contribution in [0.15, 0.2) is 18.3 Å². The molecule has 0 unspecified atom stereocenters. The minimum absolute atomic E-state index is 0.168. The second-order valence-corrected chi connectivity index (χ2v) is 4.19. The van der Waals surface area contributed by atoms with E-state index < -0.39 is 0 Å². The third kappa shape index (κ3) is 5.65. The normalized spacial score (nSPS) is 10.6. The average Bonchev–Trinajstić information content (AvgIpc) is 2.27. The van der Waals surface area contributed by atoms with Crippen LogP contribution in [0.25, 0.3) is 0 Å². The molecule has 0 saturated heterocycles. The fraction of sp³-hybridized carbons (Fsp3) is 0.500. The first-order valence-electron chi connectivity index (χ1n) is 5.56. The largest absolute Gasteiger partial charge is 0.466 e. The van der Waals surface area contributed by atoms with Crippen LogP contribution in [0, 0.1) is 0 Å². The maximum atomic E-state index is 11.2. The van der Waals surface area contributed by atoms with Crippen LogP contribution in [-0.4, -0.2) is 36.1 Å². The van der Waals surface area contributed by atoms with Crippen LogP contribution in [0.1, 0.15) is 19.0 Å². The molecule has 0 aliphatic carbocycles. The molecule has 0 amide bonds. The van der Waals surface area contributed by atoms with E-state index >= 15 is 0 Å². The van der Waals surface area contributed by atoms with Crippen molar-refractivity contribution >= 4 is 17.6 Å². The standard InChI is InChI=1S/C12H17ClN2O2/c1-3-17-12(16)5-7-15(2)9-11-8-10(13)4-6-14-11/h4,6,8H,3,5,7,9H2,1-2H3. The lowest BCUT2D eigenvalue weighted by Crippen LogP contribution is -2.22. The van der Waals surface area contributed by atoms with E-state index in [0.717, 1.165) is 5.69 Å². The number of aromatic nitrogens is 1. The van der Waals surface area contributed by atoms with Crippen LogP contribution < -0.4 is 0 Å². The second kappa shape index (κ2) is 7.25. The number of nitrogens with zero attached hydrogens (tertiary/aromatic N) is 2. The molecule has 94 valence electrons. The summed E-state index contributed by atoms with van der Waals surface area (Å²) < 4.78 is 4.86. The van der Waals surface area contributed by atoms with E-state index in [9.17, 15) is 4.79 Å². The van der Waals surface area contributed by atoms with Crippen LogP contribution in [0.3, 0.4) is 0 Å². The third-order valence-corrected chi connectivity index (χ3v) is 2.45. The molecule has 0 radical (unpaired) electrons. The highest BCUT2D eigenvalue weighted by Gasteiger charge is 2.06. The Morgan fingerprint density at radius 1 is 1.59 bits per heavy atom. The Balaban J connectivity index is 2.34. The predicted molar refractivity (Wildman–Crippen MR) is 66.8 cm³/mol. The van der Waals surface area contributed by atoms with Gasteiger partial charge < -0.3 is 4.74 Å². The molecular formula is C12H17ClN2O2. The molecule has 1 aromatic rings. The summed E-state index contributed by atoms with van der Waals surface area (Å²) in [6, 6.07) is 3.56. The number of carbonyl (C=O) groups is 1. The van der Waals surface area contributed by atoms with Crippen molar-refractivity contribution in [2.45, 2.75) is 19.9 Å². The molecule has 1 heterocycles. The molecule has 0 aliphatic heterocycles. The Bertz CT molecular complexity index is 371. The van der Waals surface area contributed by atoms with Crippen LogP contribution in [0.5, 0.6) is 0 Å². The maximum Gasteiger partial charge on any atom is 0.307 e. The number of halogens is 1. The zero-order valence-corrected chi connectivity index (χ0v) is 10.9. The summed E-state index contributed by atoms with van der Waals surface area (Å²) in [5.74, 6) is -0.168. The van der Waals surface area contributed by atoms with Gasteiger partial charge in [0.25, 0.3) is 0 Å². The number of pyridine rings is 1. The quantitative estimate of drug-likeness (QED) is 0.732. The van der Waals surface area contributed by atoms with Gasteiger partial charge in [-0.25, -0.2) is 0 Å². The van der Waals surface area contributed by atoms with Crippen molar-refractivity contribution in [3.05, 3.63) is 29.0 Å². The van der Waals surface area contributed by atoms with Gasteiger partial charge in [0.15, 0.2) is 0 Å². The molecule has 0 atom stereocenters. The van der Waals surface area contributed by atoms with Crippen LogP contribution in [0.4, 0.5) is 0 Å². The van der Waals surface area contributed by atoms with Gasteiger partial charge in [0, 0.05) is 24.3 Å². The summed E-state index contributed by atoms with van der Waals surface area (Å²) in [7, 11) is 1.93. The van der Waals surface area contributed by atoms with Gasteiger partial charge in [-0.15, -0.1) is 0 Å². The summed E-state index contributed by atoms with van der Waals surface area (Å²) in [6.45, 7) is 3.54. The Morgan fingerprint density at radius 2 is 2.35 bits per heavy atom. The molecule has 0 aliphatic rings. The number of carbonyl (C=O) groups excluding carboxylic acids is 1. The fourth-order valence-electron chi connectivity index (χ4n) is 1.41. The minimum atomic E-state index is -0.168. The molecule has 1 rings (SSSR count). The summed E-state index contributed by atoms with van der Waals surface area (Å²) in [5, 5.41) is 0.675. The minimum Gasteiger partial charge on any atom is -0.466 e. The van der Waals surface area contributed by atoms with Crippen molar-refractivity contribution in [1.82, 2.24) is 9.88 Å². The van der Waals surface area contributed by atoms with E-state index in [2.05, 4.69) is 4.98 Å². The van der Waals surface area contributed by atoms with E-state index in [1.807, 2.05) is 18.0 Å². The summed E-state index contributed by atoms with van der Waals surface area (Å²) in [5.41, 5.74) is 0.892. The monoisotopic (exact) mass is 256 g/mol. The third-order valence-electron chi connectivity index (χ3n) is 2.21. The summed E-state index contributed by atoms with van der Waals surface area (Å²) in [6.07, 6.45) is 2.07. The van der Waals surface area contributed by atoms with Gasteiger partial charge in [0.1, 0.15) is 0 Å². The molecule has 0 N–H and O–H groups in total. The van der Waals surface area contributed by atoms with Crippen LogP contribution in [-0.2, 0) is 16.1 Å². The van der Waals surface area contributed by atoms with Crippen molar-refractivity contribution < 1.29 is 9.53 Å². The molecule has 4 nitrogen and oxygen atoms in total. The van der Waals surface area contributed by atoms with E-state index in [4.69, 9.17) is 16.3 Å². The molecule has 17 heavy (non-hydrogen) atoms. The van der Waals surface area contributed by atoms with Gasteiger partial charge in [0.2, 0.25) is 0 Å². The summed E-state index contributed by atoms with van der Waals surface area (Å²) in [4.78, 5) is 17.4. The highest BCUT2D eigenvalue weighted by molar-refractivity contribution is 6.30. The Hall–Kier alpha value is -1.13. The lowest BCUT2D eigenvalue weighted by atomic mass is 10.3. The number of hydrogen-bond donors (Lipinski definition) is 0. The van der Waals surface area contributed by atoms with E-state index in [1.54, 1.807) is 19.2 Å². The fourth-order valence-corrected chi connectivity index (χ4v) is 1.59. The van der Waals surface area contributed by atoms with E-state index in [0.29, 0.717) is 31.1 Å². The Kier molecular flexibility index (Phi) is 5.94.